The second kappa shape index (κ2) is 4.18. The van der Waals surface area contributed by atoms with Crippen LogP contribution in [0, 0.1) is 0 Å². The van der Waals surface area contributed by atoms with E-state index in [1.54, 1.807) is 10.9 Å². The Morgan fingerprint density at radius 1 is 1.60 bits per heavy atom. The van der Waals surface area contributed by atoms with Gasteiger partial charge < -0.3 is 10.5 Å². The minimum Gasteiger partial charge on any atom is -0.404 e. The third-order valence-electron chi connectivity index (χ3n) is 1.91. The number of carbonyl (C=O) groups is 1. The quantitative estimate of drug-likeness (QED) is 0.637. The van der Waals surface area contributed by atoms with Crippen molar-refractivity contribution in [2.75, 3.05) is 13.1 Å². The molecule has 1 aromatic rings. The fraction of sp³-hybridized carbons (Fsp3) is 0.500. The van der Waals surface area contributed by atoms with Crippen LogP contribution in [0.1, 0.15) is 12.1 Å². The molecule has 1 aromatic heterocycles. The molecule has 0 unspecified atom stereocenters. The first kappa shape index (κ1) is 9.78. The maximum absolute atomic E-state index is 10.8. The van der Waals surface area contributed by atoms with Gasteiger partial charge in [0.15, 0.2) is 5.69 Å². The Morgan fingerprint density at radius 2 is 2.47 bits per heavy atom. The topological polar surface area (TPSA) is 95.4 Å². The number of ether oxygens (including phenoxy) is 1. The molecule has 0 saturated heterocycles. The molecule has 1 aliphatic rings. The SMILES string of the molecule is NCCCn1cc(C2=NCC(=O)O2)nn1. The van der Waals surface area contributed by atoms with Crippen LogP contribution in [0.25, 0.3) is 0 Å². The molecule has 2 N–H and O–H groups in total. The Bertz CT molecular complexity index is 397. The molecule has 80 valence electrons. The van der Waals surface area contributed by atoms with Crippen LogP contribution in [0.5, 0.6) is 0 Å². The fourth-order valence-electron chi connectivity index (χ4n) is 1.20. The number of aromatic nitrogens is 3. The number of hydrogen-bond donors (Lipinski definition) is 1. The van der Waals surface area contributed by atoms with Crippen molar-refractivity contribution >= 4 is 11.9 Å². The summed E-state index contributed by atoms with van der Waals surface area (Å²) in [4.78, 5) is 14.7. The molecule has 2 heterocycles. The summed E-state index contributed by atoms with van der Waals surface area (Å²) in [5.74, 6) is -0.111. The molecule has 0 spiro atoms. The molecule has 1 aliphatic heterocycles. The highest BCUT2D eigenvalue weighted by atomic mass is 16.6. The fourth-order valence-corrected chi connectivity index (χ4v) is 1.20. The van der Waals surface area contributed by atoms with Crippen LogP contribution in [0.3, 0.4) is 0 Å². The van der Waals surface area contributed by atoms with Gasteiger partial charge in [0.05, 0.1) is 6.20 Å². The molecule has 2 rings (SSSR count). The Kier molecular flexibility index (Phi) is 2.72. The van der Waals surface area contributed by atoms with Gasteiger partial charge in [0.2, 0.25) is 5.90 Å². The van der Waals surface area contributed by atoms with E-state index in [4.69, 9.17) is 10.5 Å². The summed E-state index contributed by atoms with van der Waals surface area (Å²) in [6.45, 7) is 1.36. The molecular weight excluding hydrogens is 198 g/mol. The number of aliphatic imine (C=N–C) groups is 1. The summed E-state index contributed by atoms with van der Waals surface area (Å²) in [6.07, 6.45) is 2.52. The Morgan fingerprint density at radius 3 is 3.13 bits per heavy atom. The van der Waals surface area contributed by atoms with Gasteiger partial charge in [-0.05, 0) is 13.0 Å². The highest BCUT2D eigenvalue weighted by Gasteiger charge is 2.20. The number of nitrogens with two attached hydrogens (primary N) is 1. The van der Waals surface area contributed by atoms with Crippen LogP contribution in [0.15, 0.2) is 11.2 Å². The van der Waals surface area contributed by atoms with Crippen LogP contribution in [0.4, 0.5) is 0 Å². The Balaban J connectivity index is 2.04. The van der Waals surface area contributed by atoms with Gasteiger partial charge in [-0.1, -0.05) is 5.21 Å². The summed E-state index contributed by atoms with van der Waals surface area (Å²) in [5, 5.41) is 7.71. The van der Waals surface area contributed by atoms with E-state index >= 15 is 0 Å². The summed E-state index contributed by atoms with van der Waals surface area (Å²) in [6, 6.07) is 0. The minimum absolute atomic E-state index is 0.0605. The van der Waals surface area contributed by atoms with E-state index in [1.165, 1.54) is 0 Å². The zero-order valence-corrected chi connectivity index (χ0v) is 8.09. The molecule has 7 nitrogen and oxygen atoms in total. The van der Waals surface area contributed by atoms with E-state index in [0.29, 0.717) is 18.8 Å². The largest absolute Gasteiger partial charge is 0.404 e. The van der Waals surface area contributed by atoms with Crippen molar-refractivity contribution in [1.82, 2.24) is 15.0 Å². The van der Waals surface area contributed by atoms with Crippen molar-refractivity contribution in [2.24, 2.45) is 10.7 Å². The summed E-state index contributed by atoms with van der Waals surface area (Å²) < 4.78 is 6.49. The van der Waals surface area contributed by atoms with Crippen LogP contribution >= 0.6 is 0 Å². The van der Waals surface area contributed by atoms with Gasteiger partial charge in [0.25, 0.3) is 0 Å². The number of carbonyl (C=O) groups excluding carboxylic acids is 1. The van der Waals surface area contributed by atoms with Crippen LogP contribution in [-0.4, -0.2) is 40.0 Å². The lowest BCUT2D eigenvalue weighted by atomic mass is 10.4. The van der Waals surface area contributed by atoms with Crippen molar-refractivity contribution in [3.8, 4) is 0 Å². The summed E-state index contributed by atoms with van der Waals surface area (Å²) in [5.41, 5.74) is 5.85. The zero-order valence-electron chi connectivity index (χ0n) is 8.09. The van der Waals surface area contributed by atoms with Crippen molar-refractivity contribution in [3.63, 3.8) is 0 Å². The van der Waals surface area contributed by atoms with E-state index in [9.17, 15) is 4.79 Å². The molecule has 0 aliphatic carbocycles. The lowest BCUT2D eigenvalue weighted by Crippen LogP contribution is -2.07. The van der Waals surface area contributed by atoms with Crippen molar-refractivity contribution in [2.45, 2.75) is 13.0 Å². The number of aryl methyl sites for hydroxylation is 1. The highest BCUT2D eigenvalue weighted by molar-refractivity contribution is 6.03. The number of esters is 1. The van der Waals surface area contributed by atoms with Gasteiger partial charge in [0.1, 0.15) is 6.54 Å². The van der Waals surface area contributed by atoms with E-state index < -0.39 is 0 Å². The monoisotopic (exact) mass is 209 g/mol. The van der Waals surface area contributed by atoms with Gasteiger partial charge in [-0.2, -0.15) is 0 Å². The molecular formula is C8H11N5O2. The predicted octanol–water partition coefficient (Wildman–Crippen LogP) is -1.07. The molecule has 15 heavy (non-hydrogen) atoms. The smallest absolute Gasteiger partial charge is 0.334 e. The average molecular weight is 209 g/mol. The molecule has 0 bridgehead atoms. The lowest BCUT2D eigenvalue weighted by molar-refractivity contribution is -0.132. The van der Waals surface area contributed by atoms with E-state index in [1.807, 2.05) is 0 Å². The molecule has 0 fully saturated rings. The first-order valence-corrected chi connectivity index (χ1v) is 4.65. The predicted molar refractivity (Wildman–Crippen MR) is 51.2 cm³/mol. The van der Waals surface area contributed by atoms with Gasteiger partial charge in [-0.15, -0.1) is 5.10 Å². The van der Waals surface area contributed by atoms with E-state index in [0.717, 1.165) is 6.42 Å². The van der Waals surface area contributed by atoms with Crippen molar-refractivity contribution < 1.29 is 9.53 Å². The van der Waals surface area contributed by atoms with Crippen LogP contribution < -0.4 is 5.73 Å². The molecule has 0 atom stereocenters. The summed E-state index contributed by atoms with van der Waals surface area (Å²) in [7, 11) is 0. The van der Waals surface area contributed by atoms with E-state index in [2.05, 4.69) is 15.3 Å². The maximum Gasteiger partial charge on any atom is 0.334 e. The molecule has 0 aromatic carbocycles. The van der Waals surface area contributed by atoms with Gasteiger partial charge in [-0.25, -0.2) is 9.79 Å². The second-order valence-corrected chi connectivity index (χ2v) is 3.10. The number of cyclic esters (lactones) is 1. The lowest BCUT2D eigenvalue weighted by Gasteiger charge is -1.95. The van der Waals surface area contributed by atoms with Crippen LogP contribution in [0.2, 0.25) is 0 Å². The van der Waals surface area contributed by atoms with Crippen LogP contribution in [-0.2, 0) is 16.1 Å². The number of hydrogen-bond acceptors (Lipinski definition) is 6. The summed E-state index contributed by atoms with van der Waals surface area (Å²) >= 11 is 0. The first-order chi connectivity index (χ1) is 7.29. The van der Waals surface area contributed by atoms with Gasteiger partial charge in [-0.3, -0.25) is 4.68 Å². The van der Waals surface area contributed by atoms with Gasteiger partial charge in [0, 0.05) is 6.54 Å². The van der Waals surface area contributed by atoms with Crippen molar-refractivity contribution in [1.29, 1.82) is 0 Å². The zero-order chi connectivity index (χ0) is 10.7. The van der Waals surface area contributed by atoms with Crippen molar-refractivity contribution in [3.05, 3.63) is 11.9 Å². The Hall–Kier alpha value is -1.76. The number of nitrogens with zero attached hydrogens (tertiary/aromatic N) is 4. The highest BCUT2D eigenvalue weighted by Crippen LogP contribution is 2.04. The third-order valence-corrected chi connectivity index (χ3v) is 1.91. The average Bonchev–Trinajstić information content (AvgIpc) is 2.83. The second-order valence-electron chi connectivity index (χ2n) is 3.10. The van der Waals surface area contributed by atoms with E-state index in [-0.39, 0.29) is 18.4 Å². The molecule has 0 saturated carbocycles. The molecule has 0 amide bonds. The Labute approximate surface area is 85.9 Å². The molecule has 0 radical (unpaired) electrons. The third kappa shape index (κ3) is 2.18. The molecule has 7 heteroatoms. The standard InChI is InChI=1S/C8H11N5O2/c9-2-1-3-13-5-6(11-12-13)8-10-4-7(14)15-8/h5H,1-4,9H2. The maximum atomic E-state index is 10.8. The normalized spacial score (nSPS) is 15.3. The van der Waals surface area contributed by atoms with Gasteiger partial charge >= 0.3 is 5.97 Å². The number of rotatable bonds is 4. The first-order valence-electron chi connectivity index (χ1n) is 4.65. The minimum atomic E-state index is -0.360.